The summed E-state index contributed by atoms with van der Waals surface area (Å²) in [4.78, 5) is 24.4. The van der Waals surface area contributed by atoms with Gasteiger partial charge in [0.2, 0.25) is 0 Å². The summed E-state index contributed by atoms with van der Waals surface area (Å²) in [6.07, 6.45) is 3.87. The monoisotopic (exact) mass is 373 g/mol. The van der Waals surface area contributed by atoms with Crippen LogP contribution in [0.1, 0.15) is 39.7 Å². The number of primary amides is 1. The molecule has 2 aromatic rings. The Balaban J connectivity index is 1.83. The van der Waals surface area contributed by atoms with Crippen LogP contribution in [0.25, 0.3) is 0 Å². The largest absolute Gasteiger partial charge is 0.493 e. The zero-order valence-electron chi connectivity index (χ0n) is 15.3. The first-order chi connectivity index (χ1) is 13.0. The van der Waals surface area contributed by atoms with Gasteiger partial charge in [-0.1, -0.05) is 0 Å². The minimum atomic E-state index is -0.690. The number of carbonyl (C=O) groups excluding carboxylic acids is 2. The maximum Gasteiger partial charge on any atom is 0.276 e. The molecule has 3 rings (SSSR count). The average molecular weight is 373 g/mol. The fourth-order valence-electron chi connectivity index (χ4n) is 3.09. The number of hydrogen-bond donors (Lipinski definition) is 3. The summed E-state index contributed by atoms with van der Waals surface area (Å²) in [5.74, 6) is -0.410. The van der Waals surface area contributed by atoms with E-state index in [0.29, 0.717) is 11.5 Å². The van der Waals surface area contributed by atoms with Crippen molar-refractivity contribution in [1.82, 2.24) is 15.1 Å². The van der Waals surface area contributed by atoms with Crippen LogP contribution in [0.15, 0.2) is 24.4 Å². The zero-order chi connectivity index (χ0) is 19.4. The van der Waals surface area contributed by atoms with Gasteiger partial charge in [-0.05, 0) is 31.5 Å². The van der Waals surface area contributed by atoms with Gasteiger partial charge in [0.15, 0.2) is 17.2 Å². The fraction of sp³-hybridized carbons (Fsp3) is 0.389. The van der Waals surface area contributed by atoms with E-state index in [2.05, 4.69) is 15.7 Å². The van der Waals surface area contributed by atoms with Crippen molar-refractivity contribution < 1.29 is 19.1 Å². The summed E-state index contributed by atoms with van der Waals surface area (Å²) in [6, 6.07) is 4.80. The lowest BCUT2D eigenvalue weighted by atomic mass is 10.1. The van der Waals surface area contributed by atoms with Crippen LogP contribution < -0.4 is 25.8 Å². The Labute approximate surface area is 156 Å². The first kappa shape index (κ1) is 18.7. The number of ether oxygens (including phenoxy) is 2. The van der Waals surface area contributed by atoms with E-state index in [9.17, 15) is 9.59 Å². The van der Waals surface area contributed by atoms with Crippen molar-refractivity contribution >= 4 is 17.5 Å². The molecule has 1 saturated heterocycles. The second-order valence-electron chi connectivity index (χ2n) is 6.25. The van der Waals surface area contributed by atoms with Gasteiger partial charge in [-0.15, -0.1) is 0 Å². The molecule has 1 aromatic carbocycles. The highest BCUT2D eigenvalue weighted by molar-refractivity contribution is 6.08. The van der Waals surface area contributed by atoms with E-state index in [1.54, 1.807) is 16.9 Å². The minimum absolute atomic E-state index is 0.122. The molecule has 0 spiro atoms. The van der Waals surface area contributed by atoms with E-state index < -0.39 is 11.8 Å². The predicted molar refractivity (Wildman–Crippen MR) is 99.4 cm³/mol. The second-order valence-corrected chi connectivity index (χ2v) is 6.25. The molecule has 144 valence electrons. The molecule has 4 N–H and O–H groups in total. The van der Waals surface area contributed by atoms with Gasteiger partial charge < -0.3 is 25.8 Å². The van der Waals surface area contributed by atoms with Crippen LogP contribution in [-0.4, -0.2) is 48.9 Å². The van der Waals surface area contributed by atoms with Crippen LogP contribution in [0.3, 0.4) is 0 Å². The van der Waals surface area contributed by atoms with Gasteiger partial charge in [0, 0.05) is 18.8 Å². The molecule has 2 heterocycles. The highest BCUT2D eigenvalue weighted by atomic mass is 16.5. The summed E-state index contributed by atoms with van der Waals surface area (Å²) < 4.78 is 12.2. The lowest BCUT2D eigenvalue weighted by Gasteiger charge is -2.22. The Morgan fingerprint density at radius 2 is 2.04 bits per heavy atom. The van der Waals surface area contributed by atoms with Crippen molar-refractivity contribution in [2.45, 2.75) is 18.9 Å². The van der Waals surface area contributed by atoms with Crippen molar-refractivity contribution in [3.05, 3.63) is 35.7 Å². The van der Waals surface area contributed by atoms with Crippen molar-refractivity contribution in [1.29, 1.82) is 0 Å². The Morgan fingerprint density at radius 3 is 2.67 bits per heavy atom. The molecular formula is C18H23N5O4. The molecule has 1 atom stereocenters. The molecule has 1 aliphatic rings. The molecule has 0 radical (unpaired) electrons. The smallest absolute Gasteiger partial charge is 0.276 e. The number of anilines is 1. The molecule has 9 heteroatoms. The molecule has 9 nitrogen and oxygen atoms in total. The number of methoxy groups -OCH3 is 2. The Morgan fingerprint density at radius 1 is 1.30 bits per heavy atom. The van der Waals surface area contributed by atoms with Crippen LogP contribution in [0.5, 0.6) is 11.5 Å². The molecule has 27 heavy (non-hydrogen) atoms. The molecule has 1 fully saturated rings. The van der Waals surface area contributed by atoms with Crippen molar-refractivity contribution in [2.75, 3.05) is 32.6 Å². The van der Waals surface area contributed by atoms with Gasteiger partial charge in [-0.2, -0.15) is 5.10 Å². The number of nitrogens with zero attached hydrogens (tertiary/aromatic N) is 2. The van der Waals surface area contributed by atoms with E-state index in [1.807, 2.05) is 0 Å². The normalized spacial score (nSPS) is 16.6. The topological polar surface area (TPSA) is 121 Å². The molecular weight excluding hydrogens is 350 g/mol. The molecule has 0 aliphatic carbocycles. The standard InChI is InChI=1S/C18H23N5O4/c1-26-15-8-12(17(19)24)14(9-16(15)27-2)21-18(25)13-5-7-23(22-13)11-4-3-6-20-10-11/h5,7-9,11,20H,3-4,6,10H2,1-2H3,(H2,19,24)(H,21,25). The van der Waals surface area contributed by atoms with Gasteiger partial charge in [-0.3, -0.25) is 14.3 Å². The third-order valence-electron chi connectivity index (χ3n) is 4.52. The average Bonchev–Trinajstić information content (AvgIpc) is 3.18. The first-order valence-electron chi connectivity index (χ1n) is 8.66. The maximum absolute atomic E-state index is 12.6. The number of nitrogens with one attached hydrogen (secondary N) is 2. The SMILES string of the molecule is COc1cc(NC(=O)c2ccn(C3CCCNC3)n2)c(C(N)=O)cc1OC. The second kappa shape index (κ2) is 8.09. The maximum atomic E-state index is 12.6. The highest BCUT2D eigenvalue weighted by Crippen LogP contribution is 2.33. The Kier molecular flexibility index (Phi) is 5.60. The van der Waals surface area contributed by atoms with Gasteiger partial charge in [0.1, 0.15) is 0 Å². The third kappa shape index (κ3) is 4.03. The quantitative estimate of drug-likeness (QED) is 0.699. The number of nitrogens with two attached hydrogens (primary N) is 1. The van der Waals surface area contributed by atoms with E-state index in [0.717, 1.165) is 25.9 Å². The lowest BCUT2D eigenvalue weighted by Crippen LogP contribution is -2.32. The highest BCUT2D eigenvalue weighted by Gasteiger charge is 2.20. The zero-order valence-corrected chi connectivity index (χ0v) is 15.3. The van der Waals surface area contributed by atoms with E-state index >= 15 is 0 Å². The third-order valence-corrected chi connectivity index (χ3v) is 4.52. The van der Waals surface area contributed by atoms with E-state index in [1.165, 1.54) is 26.4 Å². The first-order valence-corrected chi connectivity index (χ1v) is 8.66. The summed E-state index contributed by atoms with van der Waals surface area (Å²) in [7, 11) is 2.92. The van der Waals surface area contributed by atoms with Gasteiger partial charge >= 0.3 is 0 Å². The summed E-state index contributed by atoms with van der Waals surface area (Å²) >= 11 is 0. The number of amides is 2. The molecule has 2 amide bonds. The number of benzene rings is 1. The summed E-state index contributed by atoms with van der Waals surface area (Å²) in [6.45, 7) is 1.82. The molecule has 0 bridgehead atoms. The minimum Gasteiger partial charge on any atom is -0.493 e. The summed E-state index contributed by atoms with van der Waals surface area (Å²) in [5.41, 5.74) is 6.05. The fourth-order valence-corrected chi connectivity index (χ4v) is 3.09. The van der Waals surface area contributed by atoms with Gasteiger partial charge in [0.25, 0.3) is 11.8 Å². The van der Waals surface area contributed by atoms with Crippen LogP contribution in [-0.2, 0) is 0 Å². The molecule has 1 aliphatic heterocycles. The molecule has 0 saturated carbocycles. The lowest BCUT2D eigenvalue weighted by molar-refractivity contribution is 0.100. The van der Waals surface area contributed by atoms with Crippen LogP contribution in [0.2, 0.25) is 0 Å². The van der Waals surface area contributed by atoms with Crippen LogP contribution in [0.4, 0.5) is 5.69 Å². The van der Waals surface area contributed by atoms with Gasteiger partial charge in [0.05, 0.1) is 31.5 Å². The Bertz CT molecular complexity index is 842. The number of piperidine rings is 1. The molecule has 1 unspecified atom stereocenters. The van der Waals surface area contributed by atoms with Crippen molar-refractivity contribution in [3.63, 3.8) is 0 Å². The van der Waals surface area contributed by atoms with Crippen LogP contribution in [0, 0.1) is 0 Å². The van der Waals surface area contributed by atoms with Crippen molar-refractivity contribution in [2.24, 2.45) is 5.73 Å². The van der Waals surface area contributed by atoms with Crippen molar-refractivity contribution in [3.8, 4) is 11.5 Å². The van der Waals surface area contributed by atoms with Gasteiger partial charge in [-0.25, -0.2) is 0 Å². The summed E-state index contributed by atoms with van der Waals surface area (Å²) in [5, 5.41) is 10.4. The van der Waals surface area contributed by atoms with E-state index in [4.69, 9.17) is 15.2 Å². The van der Waals surface area contributed by atoms with E-state index in [-0.39, 0.29) is 23.0 Å². The molecule has 1 aromatic heterocycles. The van der Waals surface area contributed by atoms with Crippen LogP contribution >= 0.6 is 0 Å². The Hall–Kier alpha value is -3.07. The number of rotatable bonds is 6. The number of aromatic nitrogens is 2. The number of hydrogen-bond acceptors (Lipinski definition) is 6. The number of carbonyl (C=O) groups is 2. The predicted octanol–water partition coefficient (Wildman–Crippen LogP) is 1.18.